The SMILES string of the molecule is CCOc1cc([C@@H](CCO)N2CCNCC2)ccc1O.Cl. The van der Waals surface area contributed by atoms with Crippen molar-refractivity contribution >= 4 is 12.4 Å². The van der Waals surface area contributed by atoms with Crippen molar-refractivity contribution in [3.63, 3.8) is 0 Å². The van der Waals surface area contributed by atoms with E-state index >= 15 is 0 Å². The van der Waals surface area contributed by atoms with Gasteiger partial charge in [-0.1, -0.05) is 6.07 Å². The van der Waals surface area contributed by atoms with Crippen LogP contribution in [0.25, 0.3) is 0 Å². The Morgan fingerprint density at radius 1 is 1.33 bits per heavy atom. The predicted molar refractivity (Wildman–Crippen MR) is 85.4 cm³/mol. The molecule has 1 aliphatic rings. The number of rotatable bonds is 6. The van der Waals surface area contributed by atoms with E-state index in [9.17, 15) is 10.2 Å². The highest BCUT2D eigenvalue weighted by molar-refractivity contribution is 5.85. The summed E-state index contributed by atoms with van der Waals surface area (Å²) in [5.41, 5.74) is 1.09. The summed E-state index contributed by atoms with van der Waals surface area (Å²) in [6.45, 7) is 6.45. The highest BCUT2D eigenvalue weighted by atomic mass is 35.5. The Morgan fingerprint density at radius 3 is 2.67 bits per heavy atom. The fourth-order valence-electron chi connectivity index (χ4n) is 2.69. The number of ether oxygens (including phenoxy) is 1. The molecule has 120 valence electrons. The van der Waals surface area contributed by atoms with Gasteiger partial charge in [-0.15, -0.1) is 12.4 Å². The molecule has 6 heteroatoms. The van der Waals surface area contributed by atoms with Gasteiger partial charge in [-0.25, -0.2) is 0 Å². The quantitative estimate of drug-likeness (QED) is 0.743. The van der Waals surface area contributed by atoms with Gasteiger partial charge < -0.3 is 20.3 Å². The number of nitrogens with zero attached hydrogens (tertiary/aromatic N) is 1. The molecule has 0 spiro atoms. The van der Waals surface area contributed by atoms with Crippen LogP contribution in [0, 0.1) is 0 Å². The molecule has 1 aliphatic heterocycles. The number of nitrogens with one attached hydrogen (secondary N) is 1. The molecule has 1 aromatic rings. The van der Waals surface area contributed by atoms with Crippen LogP contribution in [0.4, 0.5) is 0 Å². The fourth-order valence-corrected chi connectivity index (χ4v) is 2.69. The van der Waals surface area contributed by atoms with Crippen LogP contribution < -0.4 is 10.1 Å². The van der Waals surface area contributed by atoms with Crippen LogP contribution in [0.5, 0.6) is 11.5 Å². The van der Waals surface area contributed by atoms with Gasteiger partial charge in [0.2, 0.25) is 0 Å². The molecule has 0 unspecified atom stereocenters. The van der Waals surface area contributed by atoms with E-state index in [0.717, 1.165) is 31.7 Å². The van der Waals surface area contributed by atoms with Crippen molar-refractivity contribution in [3.8, 4) is 11.5 Å². The summed E-state index contributed by atoms with van der Waals surface area (Å²) in [6, 6.07) is 5.65. The molecule has 2 rings (SSSR count). The van der Waals surface area contributed by atoms with Gasteiger partial charge in [0, 0.05) is 38.8 Å². The smallest absolute Gasteiger partial charge is 0.161 e. The van der Waals surface area contributed by atoms with Crippen LogP contribution in [0.2, 0.25) is 0 Å². The molecular weight excluding hydrogens is 292 g/mol. The van der Waals surface area contributed by atoms with Gasteiger partial charge in [-0.3, -0.25) is 4.90 Å². The molecule has 0 radical (unpaired) electrons. The molecule has 0 amide bonds. The predicted octanol–water partition coefficient (Wildman–Crippen LogP) is 1.54. The van der Waals surface area contributed by atoms with Crippen LogP contribution in [-0.4, -0.2) is 54.5 Å². The lowest BCUT2D eigenvalue weighted by molar-refractivity contribution is 0.141. The molecule has 0 aromatic heterocycles. The minimum Gasteiger partial charge on any atom is -0.504 e. The number of halogens is 1. The molecule has 1 fully saturated rings. The van der Waals surface area contributed by atoms with Gasteiger partial charge in [0.05, 0.1) is 6.61 Å². The Morgan fingerprint density at radius 2 is 2.05 bits per heavy atom. The highest BCUT2D eigenvalue weighted by Crippen LogP contribution is 2.32. The number of benzene rings is 1. The number of aliphatic hydroxyl groups is 1. The zero-order chi connectivity index (χ0) is 14.4. The second kappa shape index (κ2) is 9.10. The number of phenols is 1. The van der Waals surface area contributed by atoms with Crippen LogP contribution in [-0.2, 0) is 0 Å². The number of phenolic OH excluding ortho intramolecular Hbond substituents is 1. The van der Waals surface area contributed by atoms with Gasteiger partial charge in [0.25, 0.3) is 0 Å². The molecule has 1 atom stereocenters. The Kier molecular flexibility index (Phi) is 7.82. The fraction of sp³-hybridized carbons (Fsp3) is 0.600. The lowest BCUT2D eigenvalue weighted by atomic mass is 10.0. The number of hydrogen-bond donors (Lipinski definition) is 3. The summed E-state index contributed by atoms with van der Waals surface area (Å²) in [4.78, 5) is 2.37. The maximum Gasteiger partial charge on any atom is 0.161 e. The second-order valence-corrected chi connectivity index (χ2v) is 4.97. The maximum atomic E-state index is 9.79. The van der Waals surface area contributed by atoms with Gasteiger partial charge in [0.1, 0.15) is 0 Å². The Bertz CT molecular complexity index is 425. The topological polar surface area (TPSA) is 65.0 Å². The minimum absolute atomic E-state index is 0. The summed E-state index contributed by atoms with van der Waals surface area (Å²) in [5, 5.41) is 22.5. The summed E-state index contributed by atoms with van der Waals surface area (Å²) in [6.07, 6.45) is 0.691. The zero-order valence-corrected chi connectivity index (χ0v) is 13.2. The summed E-state index contributed by atoms with van der Waals surface area (Å²) in [7, 11) is 0. The zero-order valence-electron chi connectivity index (χ0n) is 12.4. The number of aromatic hydroxyl groups is 1. The molecule has 0 aliphatic carbocycles. The summed E-state index contributed by atoms with van der Waals surface area (Å²) in [5.74, 6) is 0.682. The van der Waals surface area contributed by atoms with E-state index in [1.54, 1.807) is 6.07 Å². The Hall–Kier alpha value is -1.01. The molecule has 0 saturated carbocycles. The third-order valence-electron chi connectivity index (χ3n) is 3.66. The average Bonchev–Trinajstić information content (AvgIpc) is 2.48. The van der Waals surface area contributed by atoms with E-state index in [4.69, 9.17) is 4.74 Å². The number of aliphatic hydroxyl groups excluding tert-OH is 1. The second-order valence-electron chi connectivity index (χ2n) is 4.97. The van der Waals surface area contributed by atoms with E-state index in [0.29, 0.717) is 18.8 Å². The third kappa shape index (κ3) is 4.74. The van der Waals surface area contributed by atoms with Crippen molar-refractivity contribution in [2.24, 2.45) is 0 Å². The van der Waals surface area contributed by atoms with Crippen molar-refractivity contribution in [1.29, 1.82) is 0 Å². The number of piperazine rings is 1. The molecule has 5 nitrogen and oxygen atoms in total. The van der Waals surface area contributed by atoms with Crippen molar-refractivity contribution in [2.45, 2.75) is 19.4 Å². The van der Waals surface area contributed by atoms with Crippen LogP contribution in [0.1, 0.15) is 24.9 Å². The molecule has 3 N–H and O–H groups in total. The van der Waals surface area contributed by atoms with Crippen LogP contribution >= 0.6 is 12.4 Å². The van der Waals surface area contributed by atoms with E-state index in [1.807, 2.05) is 19.1 Å². The molecule has 1 heterocycles. The van der Waals surface area contributed by atoms with Gasteiger partial charge >= 0.3 is 0 Å². The van der Waals surface area contributed by atoms with Gasteiger partial charge in [0.15, 0.2) is 11.5 Å². The average molecular weight is 317 g/mol. The van der Waals surface area contributed by atoms with E-state index in [-0.39, 0.29) is 30.8 Å². The molecule has 0 bridgehead atoms. The lowest BCUT2D eigenvalue weighted by Crippen LogP contribution is -2.45. The van der Waals surface area contributed by atoms with E-state index < -0.39 is 0 Å². The van der Waals surface area contributed by atoms with Crippen molar-refractivity contribution in [1.82, 2.24) is 10.2 Å². The first-order chi connectivity index (χ1) is 9.76. The van der Waals surface area contributed by atoms with Crippen molar-refractivity contribution in [3.05, 3.63) is 23.8 Å². The first kappa shape index (κ1) is 18.0. The van der Waals surface area contributed by atoms with Crippen LogP contribution in [0.15, 0.2) is 18.2 Å². The monoisotopic (exact) mass is 316 g/mol. The van der Waals surface area contributed by atoms with Gasteiger partial charge in [-0.05, 0) is 31.0 Å². The number of hydrogen-bond acceptors (Lipinski definition) is 5. The minimum atomic E-state index is 0. The van der Waals surface area contributed by atoms with Crippen molar-refractivity contribution < 1.29 is 14.9 Å². The van der Waals surface area contributed by atoms with E-state index in [2.05, 4.69) is 10.2 Å². The molecule has 21 heavy (non-hydrogen) atoms. The lowest BCUT2D eigenvalue weighted by Gasteiger charge is -2.35. The van der Waals surface area contributed by atoms with Gasteiger partial charge in [-0.2, -0.15) is 0 Å². The Balaban J connectivity index is 0.00000220. The van der Waals surface area contributed by atoms with E-state index in [1.165, 1.54) is 0 Å². The molecular formula is C15H25ClN2O3. The summed E-state index contributed by atoms with van der Waals surface area (Å²) >= 11 is 0. The third-order valence-corrected chi connectivity index (χ3v) is 3.66. The largest absolute Gasteiger partial charge is 0.504 e. The maximum absolute atomic E-state index is 9.79. The summed E-state index contributed by atoms with van der Waals surface area (Å²) < 4.78 is 5.45. The molecule has 1 aromatic carbocycles. The first-order valence-corrected chi connectivity index (χ1v) is 7.27. The van der Waals surface area contributed by atoms with Crippen LogP contribution in [0.3, 0.4) is 0 Å². The first-order valence-electron chi connectivity index (χ1n) is 7.27. The van der Waals surface area contributed by atoms with Crippen molar-refractivity contribution in [2.75, 3.05) is 39.4 Å². The highest BCUT2D eigenvalue weighted by Gasteiger charge is 2.22. The normalized spacial score (nSPS) is 17.0. The Labute approximate surface area is 132 Å². The standard InChI is InChI=1S/C15H24N2O3.ClH/c1-2-20-15-11-12(3-4-14(15)19)13(5-10-18)17-8-6-16-7-9-17;/h3-4,11,13,16,18-19H,2,5-10H2,1H3;1H/t13-;/m1./s1. The molecule has 1 saturated heterocycles.